The van der Waals surface area contributed by atoms with Gasteiger partial charge >= 0.3 is 0 Å². The topological polar surface area (TPSA) is 98.2 Å². The summed E-state index contributed by atoms with van der Waals surface area (Å²) in [5.74, 6) is 2.81. The van der Waals surface area contributed by atoms with Gasteiger partial charge in [-0.05, 0) is 33.3 Å². The van der Waals surface area contributed by atoms with Gasteiger partial charge < -0.3 is 14.2 Å². The van der Waals surface area contributed by atoms with Crippen LogP contribution in [0.2, 0.25) is 0 Å². The summed E-state index contributed by atoms with van der Waals surface area (Å²) in [5, 5.41) is 8.53. The molecule has 1 atom stereocenters. The number of ether oxygens (including phenoxy) is 1. The smallest absolute Gasteiger partial charge is 0.240 e. The van der Waals surface area contributed by atoms with E-state index in [-0.39, 0.29) is 6.10 Å². The second kappa shape index (κ2) is 8.88. The first-order chi connectivity index (χ1) is 14.5. The van der Waals surface area contributed by atoms with Crippen LogP contribution in [0.4, 0.5) is 5.82 Å². The van der Waals surface area contributed by atoms with E-state index in [1.165, 1.54) is 0 Å². The molecule has 1 aliphatic rings. The van der Waals surface area contributed by atoms with Crippen molar-refractivity contribution in [3.63, 3.8) is 0 Å². The van der Waals surface area contributed by atoms with Crippen molar-refractivity contribution in [2.24, 2.45) is 0 Å². The molecule has 0 N–H and O–H groups in total. The zero-order valence-electron chi connectivity index (χ0n) is 17.9. The van der Waals surface area contributed by atoms with Gasteiger partial charge in [0, 0.05) is 39.0 Å². The molecule has 0 saturated carbocycles. The first-order valence-corrected chi connectivity index (χ1v) is 10.2. The number of aromatic nitrogens is 6. The van der Waals surface area contributed by atoms with Crippen molar-refractivity contribution in [2.45, 2.75) is 39.8 Å². The molecule has 1 saturated heterocycles. The summed E-state index contributed by atoms with van der Waals surface area (Å²) in [5.41, 5.74) is 2.01. The van der Waals surface area contributed by atoms with Crippen molar-refractivity contribution in [2.75, 3.05) is 38.2 Å². The summed E-state index contributed by atoms with van der Waals surface area (Å²) in [7, 11) is 1.64. The predicted octanol–water partition coefficient (Wildman–Crippen LogP) is 2.08. The minimum atomic E-state index is -0.171. The summed E-state index contributed by atoms with van der Waals surface area (Å²) >= 11 is 0. The van der Waals surface area contributed by atoms with E-state index in [1.807, 2.05) is 37.7 Å². The van der Waals surface area contributed by atoms with Crippen LogP contribution in [-0.2, 0) is 11.3 Å². The van der Waals surface area contributed by atoms with Crippen molar-refractivity contribution >= 4 is 5.82 Å². The van der Waals surface area contributed by atoms with E-state index in [2.05, 4.69) is 30.0 Å². The van der Waals surface area contributed by atoms with Gasteiger partial charge in [-0.3, -0.25) is 9.88 Å². The molecule has 0 radical (unpaired) electrons. The van der Waals surface area contributed by atoms with E-state index in [0.717, 1.165) is 55.6 Å². The fourth-order valence-electron chi connectivity index (χ4n) is 3.61. The van der Waals surface area contributed by atoms with E-state index < -0.39 is 0 Å². The van der Waals surface area contributed by atoms with Crippen molar-refractivity contribution in [1.82, 2.24) is 34.8 Å². The average molecular weight is 412 g/mol. The Morgan fingerprint density at radius 1 is 1.10 bits per heavy atom. The summed E-state index contributed by atoms with van der Waals surface area (Å²) in [6, 6.07) is 2.04. The Hall–Kier alpha value is -2.85. The second-order valence-electron chi connectivity index (χ2n) is 7.62. The maximum Gasteiger partial charge on any atom is 0.240 e. The Morgan fingerprint density at radius 2 is 1.93 bits per heavy atom. The Kier molecular flexibility index (Phi) is 6.05. The van der Waals surface area contributed by atoms with E-state index in [9.17, 15) is 0 Å². The Bertz CT molecular complexity index is 985. The molecule has 3 aromatic heterocycles. The zero-order chi connectivity index (χ0) is 21.1. The lowest BCUT2D eigenvalue weighted by atomic mass is 10.3. The molecule has 0 amide bonds. The van der Waals surface area contributed by atoms with Gasteiger partial charge in [0.15, 0.2) is 11.6 Å². The van der Waals surface area contributed by atoms with Crippen LogP contribution in [0.5, 0.6) is 0 Å². The van der Waals surface area contributed by atoms with Crippen LogP contribution in [0.15, 0.2) is 23.0 Å². The maximum atomic E-state index is 5.39. The van der Waals surface area contributed by atoms with E-state index in [0.29, 0.717) is 18.3 Å². The maximum absolute atomic E-state index is 5.39. The lowest BCUT2D eigenvalue weighted by molar-refractivity contribution is 0.109. The van der Waals surface area contributed by atoms with E-state index in [1.54, 1.807) is 13.3 Å². The van der Waals surface area contributed by atoms with E-state index in [4.69, 9.17) is 14.2 Å². The standard InChI is InChI=1S/C20H28N8O2/c1-14-10-15(2)28(24-14)18-12-21-11-17(22-18)27-7-5-6-26(8-9-27)13-19-23-20(25-30-19)16(3)29-4/h10-12,16H,5-9,13H2,1-4H3. The number of hydrogen-bond donors (Lipinski definition) is 0. The molecule has 0 bridgehead atoms. The van der Waals surface area contributed by atoms with Crippen LogP contribution in [0.1, 0.15) is 42.6 Å². The van der Waals surface area contributed by atoms with Gasteiger partial charge in [0.1, 0.15) is 11.9 Å². The van der Waals surface area contributed by atoms with Gasteiger partial charge in [0.25, 0.3) is 0 Å². The first kappa shape index (κ1) is 20.4. The van der Waals surface area contributed by atoms with Gasteiger partial charge in [-0.15, -0.1) is 0 Å². The molecule has 10 nitrogen and oxygen atoms in total. The van der Waals surface area contributed by atoms with Gasteiger partial charge in [-0.2, -0.15) is 10.1 Å². The molecule has 1 unspecified atom stereocenters. The molecule has 30 heavy (non-hydrogen) atoms. The van der Waals surface area contributed by atoms with Gasteiger partial charge in [0.05, 0.1) is 24.6 Å². The molecule has 1 aliphatic heterocycles. The SMILES string of the molecule is COC(C)c1noc(CN2CCCN(c3cncc(-n4nc(C)cc4C)n3)CC2)n1. The number of hydrogen-bond acceptors (Lipinski definition) is 9. The highest BCUT2D eigenvalue weighted by Gasteiger charge is 2.20. The number of anilines is 1. The van der Waals surface area contributed by atoms with Crippen LogP contribution >= 0.6 is 0 Å². The Morgan fingerprint density at radius 3 is 2.70 bits per heavy atom. The summed E-state index contributed by atoms with van der Waals surface area (Å²) in [4.78, 5) is 18.3. The van der Waals surface area contributed by atoms with Gasteiger partial charge in [0.2, 0.25) is 5.89 Å². The van der Waals surface area contributed by atoms with Crippen LogP contribution in [0.25, 0.3) is 5.82 Å². The van der Waals surface area contributed by atoms with Crippen LogP contribution < -0.4 is 4.90 Å². The molecule has 0 aliphatic carbocycles. The van der Waals surface area contributed by atoms with Crippen molar-refractivity contribution in [1.29, 1.82) is 0 Å². The molecule has 4 heterocycles. The fourth-order valence-corrected chi connectivity index (χ4v) is 3.61. The van der Waals surface area contributed by atoms with Crippen LogP contribution in [-0.4, -0.2) is 68.1 Å². The highest BCUT2D eigenvalue weighted by molar-refractivity contribution is 5.40. The van der Waals surface area contributed by atoms with Gasteiger partial charge in [-0.25, -0.2) is 9.67 Å². The van der Waals surface area contributed by atoms with Crippen molar-refractivity contribution < 1.29 is 9.26 Å². The summed E-state index contributed by atoms with van der Waals surface area (Å²) < 4.78 is 12.5. The average Bonchev–Trinajstić information content (AvgIpc) is 3.27. The normalized spacial score (nSPS) is 16.6. The Balaban J connectivity index is 1.41. The second-order valence-corrected chi connectivity index (χ2v) is 7.62. The van der Waals surface area contributed by atoms with Crippen LogP contribution in [0, 0.1) is 13.8 Å². The predicted molar refractivity (Wildman–Crippen MR) is 110 cm³/mol. The third-order valence-corrected chi connectivity index (χ3v) is 5.31. The third kappa shape index (κ3) is 4.49. The quantitative estimate of drug-likeness (QED) is 0.602. The molecule has 0 spiro atoms. The largest absolute Gasteiger partial charge is 0.374 e. The number of rotatable bonds is 6. The molecule has 3 aromatic rings. The monoisotopic (exact) mass is 412 g/mol. The lowest BCUT2D eigenvalue weighted by Crippen LogP contribution is -2.31. The van der Waals surface area contributed by atoms with Crippen molar-refractivity contribution in [3.8, 4) is 5.82 Å². The summed E-state index contributed by atoms with van der Waals surface area (Å²) in [6.45, 7) is 10.1. The highest BCUT2D eigenvalue weighted by atomic mass is 16.5. The molecule has 0 aromatic carbocycles. The number of methoxy groups -OCH3 is 1. The molecule has 10 heteroatoms. The fraction of sp³-hybridized carbons (Fsp3) is 0.550. The number of aryl methyl sites for hydroxylation is 2. The Labute approximate surface area is 175 Å². The molecule has 4 rings (SSSR count). The van der Waals surface area contributed by atoms with Crippen LogP contribution in [0.3, 0.4) is 0 Å². The molecular weight excluding hydrogens is 384 g/mol. The molecule has 1 fully saturated rings. The van der Waals surface area contributed by atoms with Gasteiger partial charge in [-0.1, -0.05) is 5.16 Å². The minimum Gasteiger partial charge on any atom is -0.374 e. The molecular formula is C20H28N8O2. The lowest BCUT2D eigenvalue weighted by Gasteiger charge is -2.22. The van der Waals surface area contributed by atoms with E-state index >= 15 is 0 Å². The minimum absolute atomic E-state index is 0.171. The zero-order valence-corrected chi connectivity index (χ0v) is 17.9. The molecule has 160 valence electrons. The first-order valence-electron chi connectivity index (χ1n) is 10.2. The summed E-state index contributed by atoms with van der Waals surface area (Å²) in [6.07, 6.45) is 4.42. The third-order valence-electron chi connectivity index (χ3n) is 5.31. The number of nitrogens with zero attached hydrogens (tertiary/aromatic N) is 8. The van der Waals surface area contributed by atoms with Crippen molar-refractivity contribution in [3.05, 3.63) is 41.6 Å². The highest BCUT2D eigenvalue weighted by Crippen LogP contribution is 2.18.